The number of para-hydroxylation sites is 1. The molecule has 1 aliphatic rings. The molecule has 0 aliphatic carbocycles. The van der Waals surface area contributed by atoms with E-state index in [1.54, 1.807) is 19.2 Å². The summed E-state index contributed by atoms with van der Waals surface area (Å²) in [5.74, 6) is 1.07. The Hall–Kier alpha value is -2.79. The van der Waals surface area contributed by atoms with E-state index in [9.17, 15) is 9.90 Å². The number of nitrogens with zero attached hydrogens (tertiary/aromatic N) is 1. The maximum absolute atomic E-state index is 12.8. The van der Waals surface area contributed by atoms with Gasteiger partial charge in [-0.1, -0.05) is 36.4 Å². The van der Waals surface area contributed by atoms with Crippen molar-refractivity contribution in [1.29, 1.82) is 0 Å². The largest absolute Gasteiger partial charge is 0.508 e. The molecule has 5 heteroatoms. The van der Waals surface area contributed by atoms with Gasteiger partial charge in [-0.25, -0.2) is 0 Å². The second-order valence-corrected chi connectivity index (χ2v) is 7.17. The Balaban J connectivity index is 1.60. The summed E-state index contributed by atoms with van der Waals surface area (Å²) in [6.07, 6.45) is 3.05. The van der Waals surface area contributed by atoms with Crippen molar-refractivity contribution in [2.75, 3.05) is 20.2 Å². The van der Waals surface area contributed by atoms with E-state index in [-0.39, 0.29) is 23.7 Å². The zero-order chi connectivity index (χ0) is 20.1. The molecular weight excluding hydrogens is 352 g/mol. The highest BCUT2D eigenvalue weighted by Gasteiger charge is 2.25. The predicted octanol–water partition coefficient (Wildman–Crippen LogP) is 3.76. The van der Waals surface area contributed by atoms with E-state index in [4.69, 9.17) is 4.74 Å². The maximum atomic E-state index is 12.8. The first-order valence-electron chi connectivity index (χ1n) is 9.65. The number of amides is 1. The summed E-state index contributed by atoms with van der Waals surface area (Å²) in [7, 11) is 1.64. The van der Waals surface area contributed by atoms with Crippen LogP contribution in [0.5, 0.6) is 11.5 Å². The van der Waals surface area contributed by atoms with Crippen LogP contribution in [0, 0.1) is 0 Å². The summed E-state index contributed by atoms with van der Waals surface area (Å²) in [5, 5.41) is 12.5. The van der Waals surface area contributed by atoms with Gasteiger partial charge in [-0.2, -0.15) is 0 Å². The molecule has 0 saturated carbocycles. The number of carbonyl (C=O) groups is 1. The first-order chi connectivity index (χ1) is 13.5. The molecule has 148 valence electrons. The molecule has 2 aromatic carbocycles. The lowest BCUT2D eigenvalue weighted by Gasteiger charge is -2.32. The van der Waals surface area contributed by atoms with Gasteiger partial charge in [-0.15, -0.1) is 0 Å². The van der Waals surface area contributed by atoms with E-state index in [2.05, 4.69) is 16.3 Å². The van der Waals surface area contributed by atoms with Crippen LogP contribution in [0.25, 0.3) is 5.57 Å². The molecule has 3 rings (SSSR count). The van der Waals surface area contributed by atoms with E-state index in [0.29, 0.717) is 0 Å². The van der Waals surface area contributed by atoms with E-state index in [0.717, 1.165) is 36.4 Å². The number of carbonyl (C=O) groups excluding carboxylic acids is 1. The summed E-state index contributed by atoms with van der Waals surface area (Å²) < 4.78 is 5.40. The number of hydrogen-bond acceptors (Lipinski definition) is 4. The van der Waals surface area contributed by atoms with Crippen LogP contribution < -0.4 is 10.1 Å². The number of nitrogens with one attached hydrogen (secondary N) is 1. The van der Waals surface area contributed by atoms with Crippen LogP contribution in [0.3, 0.4) is 0 Å². The van der Waals surface area contributed by atoms with Crippen LogP contribution in [0.2, 0.25) is 0 Å². The molecule has 1 aliphatic heterocycles. The van der Waals surface area contributed by atoms with Gasteiger partial charge in [-0.3, -0.25) is 9.69 Å². The number of phenols is 1. The molecule has 2 N–H and O–H groups in total. The molecule has 2 unspecified atom stereocenters. The Morgan fingerprint density at radius 2 is 1.86 bits per heavy atom. The fourth-order valence-corrected chi connectivity index (χ4v) is 3.58. The third-order valence-corrected chi connectivity index (χ3v) is 5.37. The first-order valence-corrected chi connectivity index (χ1v) is 9.65. The van der Waals surface area contributed by atoms with Crippen molar-refractivity contribution < 1.29 is 14.6 Å². The minimum atomic E-state index is -0.213. The summed E-state index contributed by atoms with van der Waals surface area (Å²) in [5.41, 5.74) is 3.35. The van der Waals surface area contributed by atoms with Crippen molar-refractivity contribution in [1.82, 2.24) is 10.2 Å². The Morgan fingerprint density at radius 3 is 2.50 bits per heavy atom. The molecular formula is C23H28N2O3. The number of phenolic OH excluding ortho intramolecular Hbond substituents is 1. The Labute approximate surface area is 166 Å². The van der Waals surface area contributed by atoms with E-state index < -0.39 is 0 Å². The van der Waals surface area contributed by atoms with Gasteiger partial charge in [0.25, 0.3) is 0 Å². The number of ether oxygens (including phenoxy) is 1. The summed E-state index contributed by atoms with van der Waals surface area (Å²) >= 11 is 0. The predicted molar refractivity (Wildman–Crippen MR) is 111 cm³/mol. The topological polar surface area (TPSA) is 61.8 Å². The van der Waals surface area contributed by atoms with Crippen molar-refractivity contribution in [3.8, 4) is 11.5 Å². The fourth-order valence-electron chi connectivity index (χ4n) is 3.58. The Bertz CT molecular complexity index is 845. The van der Waals surface area contributed by atoms with E-state index in [1.807, 2.05) is 50.2 Å². The minimum absolute atomic E-state index is 0.0138. The van der Waals surface area contributed by atoms with Crippen molar-refractivity contribution in [2.45, 2.75) is 32.4 Å². The number of methoxy groups -OCH3 is 1. The van der Waals surface area contributed by atoms with Crippen LogP contribution in [0.4, 0.5) is 0 Å². The molecule has 2 aromatic rings. The molecule has 0 spiro atoms. The van der Waals surface area contributed by atoms with E-state index in [1.165, 1.54) is 5.57 Å². The van der Waals surface area contributed by atoms with Gasteiger partial charge in [-0.05, 0) is 49.6 Å². The first kappa shape index (κ1) is 20.0. The van der Waals surface area contributed by atoms with Crippen LogP contribution in [0.1, 0.15) is 37.4 Å². The van der Waals surface area contributed by atoms with Gasteiger partial charge in [0.2, 0.25) is 5.91 Å². The summed E-state index contributed by atoms with van der Waals surface area (Å²) in [4.78, 5) is 14.9. The second-order valence-electron chi connectivity index (χ2n) is 7.17. The molecule has 0 radical (unpaired) electrons. The SMILES string of the molecule is COc1ccccc1C(C)NC(=O)C(C)N1CC=C(c2ccc(O)cc2)CC1. The van der Waals surface area contributed by atoms with E-state index >= 15 is 0 Å². The lowest BCUT2D eigenvalue weighted by atomic mass is 9.98. The van der Waals surface area contributed by atoms with Gasteiger partial charge < -0.3 is 15.2 Å². The third kappa shape index (κ3) is 4.54. The quantitative estimate of drug-likeness (QED) is 0.801. The summed E-state index contributed by atoms with van der Waals surface area (Å²) in [6.45, 7) is 5.48. The zero-order valence-electron chi connectivity index (χ0n) is 16.7. The minimum Gasteiger partial charge on any atom is -0.508 e. The number of rotatable bonds is 6. The Kier molecular flexibility index (Phi) is 6.37. The zero-order valence-corrected chi connectivity index (χ0v) is 16.7. The highest BCUT2D eigenvalue weighted by Crippen LogP contribution is 2.26. The molecule has 0 bridgehead atoms. The normalized spacial score (nSPS) is 16.8. The monoisotopic (exact) mass is 380 g/mol. The van der Waals surface area contributed by atoms with Crippen LogP contribution >= 0.6 is 0 Å². The number of aromatic hydroxyl groups is 1. The standard InChI is InChI=1S/C23H28N2O3/c1-16(21-6-4-5-7-22(21)28-3)24-23(27)17(2)25-14-12-19(13-15-25)18-8-10-20(26)11-9-18/h4-12,16-17,26H,13-15H2,1-3H3,(H,24,27). The average Bonchev–Trinajstić information content (AvgIpc) is 2.73. The molecule has 1 heterocycles. The molecule has 5 nitrogen and oxygen atoms in total. The van der Waals surface area contributed by atoms with Crippen molar-refractivity contribution >= 4 is 11.5 Å². The van der Waals surface area contributed by atoms with Gasteiger partial charge in [0.1, 0.15) is 11.5 Å². The smallest absolute Gasteiger partial charge is 0.237 e. The molecule has 2 atom stereocenters. The molecule has 0 fully saturated rings. The lowest BCUT2D eigenvalue weighted by Crippen LogP contribution is -2.47. The summed E-state index contributed by atoms with van der Waals surface area (Å²) in [6, 6.07) is 14.7. The number of hydrogen-bond donors (Lipinski definition) is 2. The van der Waals surface area contributed by atoms with Crippen LogP contribution in [-0.4, -0.2) is 42.2 Å². The van der Waals surface area contributed by atoms with Crippen molar-refractivity contribution in [2.24, 2.45) is 0 Å². The second kappa shape index (κ2) is 8.93. The van der Waals surface area contributed by atoms with Gasteiger partial charge >= 0.3 is 0 Å². The highest BCUT2D eigenvalue weighted by atomic mass is 16.5. The third-order valence-electron chi connectivity index (χ3n) is 5.37. The fraction of sp³-hybridized carbons (Fsp3) is 0.348. The van der Waals surface area contributed by atoms with Gasteiger partial charge in [0.05, 0.1) is 19.2 Å². The average molecular weight is 380 g/mol. The molecule has 0 saturated heterocycles. The van der Waals surface area contributed by atoms with Crippen LogP contribution in [0.15, 0.2) is 54.6 Å². The van der Waals surface area contributed by atoms with Crippen molar-refractivity contribution in [3.05, 3.63) is 65.7 Å². The highest BCUT2D eigenvalue weighted by molar-refractivity contribution is 5.82. The van der Waals surface area contributed by atoms with Crippen molar-refractivity contribution in [3.63, 3.8) is 0 Å². The Morgan fingerprint density at radius 1 is 1.14 bits per heavy atom. The lowest BCUT2D eigenvalue weighted by molar-refractivity contribution is -0.126. The molecule has 28 heavy (non-hydrogen) atoms. The van der Waals surface area contributed by atoms with Crippen LogP contribution in [-0.2, 0) is 4.79 Å². The number of benzene rings is 2. The maximum Gasteiger partial charge on any atom is 0.237 e. The van der Waals surface area contributed by atoms with Gasteiger partial charge in [0, 0.05) is 18.7 Å². The molecule has 1 amide bonds. The van der Waals surface area contributed by atoms with Gasteiger partial charge in [0.15, 0.2) is 0 Å². The molecule has 0 aromatic heterocycles.